The Kier molecular flexibility index (Phi) is 4.06. The second-order valence-corrected chi connectivity index (χ2v) is 5.13. The van der Waals surface area contributed by atoms with Crippen molar-refractivity contribution in [3.63, 3.8) is 0 Å². The molecule has 0 bridgehead atoms. The van der Waals surface area contributed by atoms with E-state index in [0.29, 0.717) is 16.1 Å². The first-order chi connectivity index (χ1) is 8.97. The summed E-state index contributed by atoms with van der Waals surface area (Å²) in [7, 11) is 0. The monoisotopic (exact) mass is 344 g/mol. The summed E-state index contributed by atoms with van der Waals surface area (Å²) in [6, 6.07) is 2.99. The number of H-pyrrole nitrogens is 1. The fourth-order valence-corrected chi connectivity index (χ4v) is 2.27. The van der Waals surface area contributed by atoms with E-state index in [1.807, 2.05) is 0 Å². The minimum Gasteiger partial charge on any atom is -0.506 e. The third kappa shape index (κ3) is 3.24. The van der Waals surface area contributed by atoms with Crippen LogP contribution in [0, 0.1) is 6.92 Å². The van der Waals surface area contributed by atoms with E-state index in [0.717, 1.165) is 0 Å². The molecule has 1 aromatic carbocycles. The number of phenols is 1. The second kappa shape index (κ2) is 5.58. The van der Waals surface area contributed by atoms with E-state index in [4.69, 9.17) is 11.6 Å². The number of phenolic OH excluding ortho intramolecular Hbond substituents is 1. The summed E-state index contributed by atoms with van der Waals surface area (Å²) in [4.78, 5) is 16.0. The van der Waals surface area contributed by atoms with Crippen molar-refractivity contribution in [3.05, 3.63) is 38.8 Å². The van der Waals surface area contributed by atoms with Gasteiger partial charge >= 0.3 is 0 Å². The number of carbonyl (C=O) groups excluding carboxylic acids is 1. The molecule has 1 amide bonds. The Morgan fingerprint density at radius 2 is 2.32 bits per heavy atom. The molecular formula is C11H10BrClN4O2. The number of aromatic amines is 1. The smallest absolute Gasteiger partial charge is 0.255 e. The average molecular weight is 346 g/mol. The normalized spacial score (nSPS) is 10.5. The molecule has 1 aromatic heterocycles. The molecule has 0 fully saturated rings. The molecular weight excluding hydrogens is 336 g/mol. The van der Waals surface area contributed by atoms with Crippen LogP contribution in [-0.4, -0.2) is 26.2 Å². The second-order valence-electron chi connectivity index (χ2n) is 3.80. The predicted octanol–water partition coefficient (Wildman–Crippen LogP) is 2.16. The lowest BCUT2D eigenvalue weighted by Gasteiger charge is -2.07. The van der Waals surface area contributed by atoms with Crippen LogP contribution in [0.4, 0.5) is 0 Å². The molecule has 100 valence electrons. The molecule has 0 aliphatic carbocycles. The largest absolute Gasteiger partial charge is 0.506 e. The Balaban J connectivity index is 2.12. The third-order valence-electron chi connectivity index (χ3n) is 2.32. The molecule has 0 aliphatic rings. The molecule has 0 spiro atoms. The average Bonchev–Trinajstić information content (AvgIpc) is 2.76. The maximum atomic E-state index is 11.9. The number of aromatic nitrogens is 3. The third-order valence-corrected chi connectivity index (χ3v) is 3.07. The zero-order chi connectivity index (χ0) is 14.0. The highest BCUT2D eigenvalue weighted by molar-refractivity contribution is 9.10. The van der Waals surface area contributed by atoms with Gasteiger partial charge in [-0.3, -0.25) is 9.89 Å². The van der Waals surface area contributed by atoms with Gasteiger partial charge in [0.15, 0.2) is 5.82 Å². The van der Waals surface area contributed by atoms with Crippen molar-refractivity contribution in [3.8, 4) is 5.75 Å². The van der Waals surface area contributed by atoms with Gasteiger partial charge in [0.05, 0.1) is 17.1 Å². The molecule has 0 saturated carbocycles. The van der Waals surface area contributed by atoms with Gasteiger partial charge in [-0.25, -0.2) is 4.98 Å². The Hall–Kier alpha value is -1.60. The lowest BCUT2D eigenvalue weighted by Crippen LogP contribution is -2.23. The fraction of sp³-hybridized carbons (Fsp3) is 0.182. The summed E-state index contributed by atoms with van der Waals surface area (Å²) >= 11 is 9.00. The highest BCUT2D eigenvalue weighted by Crippen LogP contribution is 2.31. The fourth-order valence-electron chi connectivity index (χ4n) is 1.46. The first-order valence-electron chi connectivity index (χ1n) is 5.31. The summed E-state index contributed by atoms with van der Waals surface area (Å²) in [6.45, 7) is 1.92. The molecule has 0 unspecified atom stereocenters. The van der Waals surface area contributed by atoms with Crippen LogP contribution in [0.2, 0.25) is 5.02 Å². The zero-order valence-electron chi connectivity index (χ0n) is 9.87. The van der Waals surface area contributed by atoms with E-state index in [2.05, 4.69) is 36.4 Å². The van der Waals surface area contributed by atoms with Gasteiger partial charge in [-0.15, -0.1) is 0 Å². The van der Waals surface area contributed by atoms with Crippen LogP contribution in [0.15, 0.2) is 16.6 Å². The van der Waals surface area contributed by atoms with Gasteiger partial charge in [-0.05, 0) is 19.1 Å². The van der Waals surface area contributed by atoms with E-state index in [-0.39, 0.29) is 22.9 Å². The van der Waals surface area contributed by atoms with Crippen LogP contribution in [-0.2, 0) is 6.54 Å². The van der Waals surface area contributed by atoms with Crippen molar-refractivity contribution >= 4 is 33.4 Å². The molecule has 19 heavy (non-hydrogen) atoms. The van der Waals surface area contributed by atoms with Crippen LogP contribution in [0.25, 0.3) is 0 Å². The Morgan fingerprint density at radius 1 is 1.58 bits per heavy atom. The molecule has 8 heteroatoms. The highest BCUT2D eigenvalue weighted by Gasteiger charge is 2.15. The molecule has 2 aromatic rings. The zero-order valence-corrected chi connectivity index (χ0v) is 12.2. The molecule has 0 atom stereocenters. The number of hydrogen-bond donors (Lipinski definition) is 3. The first-order valence-corrected chi connectivity index (χ1v) is 6.48. The van der Waals surface area contributed by atoms with Crippen molar-refractivity contribution in [1.29, 1.82) is 0 Å². The van der Waals surface area contributed by atoms with Crippen molar-refractivity contribution in [2.24, 2.45) is 0 Å². The molecule has 6 nitrogen and oxygen atoms in total. The van der Waals surface area contributed by atoms with Crippen molar-refractivity contribution in [2.75, 3.05) is 0 Å². The SMILES string of the molecule is Cc1nc(CNC(=O)c2cc(Br)cc(Cl)c2O)n[nH]1. The number of aromatic hydroxyl groups is 1. The summed E-state index contributed by atoms with van der Waals surface area (Å²) in [6.07, 6.45) is 0. The van der Waals surface area contributed by atoms with E-state index in [9.17, 15) is 9.90 Å². The minimum absolute atomic E-state index is 0.0895. The van der Waals surface area contributed by atoms with Gasteiger partial charge in [-0.1, -0.05) is 27.5 Å². The number of benzene rings is 1. The van der Waals surface area contributed by atoms with Crippen molar-refractivity contribution < 1.29 is 9.90 Å². The topological polar surface area (TPSA) is 90.9 Å². The van der Waals surface area contributed by atoms with Crippen LogP contribution in [0.1, 0.15) is 22.0 Å². The highest BCUT2D eigenvalue weighted by atomic mass is 79.9. The number of carbonyl (C=O) groups is 1. The van der Waals surface area contributed by atoms with Gasteiger partial charge in [0.25, 0.3) is 5.91 Å². The number of nitrogens with zero attached hydrogens (tertiary/aromatic N) is 2. The van der Waals surface area contributed by atoms with Crippen LogP contribution < -0.4 is 5.32 Å². The van der Waals surface area contributed by atoms with Crippen molar-refractivity contribution in [2.45, 2.75) is 13.5 Å². The quantitative estimate of drug-likeness (QED) is 0.795. The maximum absolute atomic E-state index is 11.9. The number of aryl methyl sites for hydroxylation is 1. The number of rotatable bonds is 3. The number of amides is 1. The van der Waals surface area contributed by atoms with Crippen LogP contribution in [0.3, 0.4) is 0 Å². The van der Waals surface area contributed by atoms with Gasteiger partial charge in [-0.2, -0.15) is 5.10 Å². The van der Waals surface area contributed by atoms with Gasteiger partial charge in [0.1, 0.15) is 11.6 Å². The maximum Gasteiger partial charge on any atom is 0.255 e. The molecule has 0 saturated heterocycles. The molecule has 3 N–H and O–H groups in total. The predicted molar refractivity (Wildman–Crippen MR) is 73.1 cm³/mol. The number of nitrogens with one attached hydrogen (secondary N) is 2. The molecule has 0 radical (unpaired) electrons. The molecule has 0 aliphatic heterocycles. The number of halogens is 2. The lowest BCUT2D eigenvalue weighted by molar-refractivity contribution is 0.0947. The van der Waals surface area contributed by atoms with Gasteiger partial charge in [0.2, 0.25) is 0 Å². The molecule has 2 rings (SSSR count). The summed E-state index contributed by atoms with van der Waals surface area (Å²) in [5, 5.41) is 19.0. The molecule has 1 heterocycles. The first kappa shape index (κ1) is 13.8. The van der Waals surface area contributed by atoms with E-state index < -0.39 is 5.91 Å². The van der Waals surface area contributed by atoms with Gasteiger partial charge in [0, 0.05) is 4.47 Å². The van der Waals surface area contributed by atoms with Crippen LogP contribution in [0.5, 0.6) is 5.75 Å². The van der Waals surface area contributed by atoms with Crippen LogP contribution >= 0.6 is 27.5 Å². The minimum atomic E-state index is -0.455. The standard InChI is InChI=1S/C11H10BrClN4O2/c1-5-15-9(17-16-5)4-14-11(19)7-2-6(12)3-8(13)10(7)18/h2-3,18H,4H2,1H3,(H,14,19)(H,15,16,17). The summed E-state index contributed by atoms with van der Waals surface area (Å²) in [5.74, 6) is 0.417. The summed E-state index contributed by atoms with van der Waals surface area (Å²) < 4.78 is 0.606. The Bertz CT molecular complexity index is 629. The summed E-state index contributed by atoms with van der Waals surface area (Å²) in [5.41, 5.74) is 0.0895. The lowest BCUT2D eigenvalue weighted by atomic mass is 10.2. The number of hydrogen-bond acceptors (Lipinski definition) is 4. The van der Waals surface area contributed by atoms with E-state index >= 15 is 0 Å². The van der Waals surface area contributed by atoms with Gasteiger partial charge < -0.3 is 10.4 Å². The Morgan fingerprint density at radius 3 is 2.95 bits per heavy atom. The Labute approximate surface area is 122 Å². The van der Waals surface area contributed by atoms with E-state index in [1.165, 1.54) is 12.1 Å². The van der Waals surface area contributed by atoms with Crippen molar-refractivity contribution in [1.82, 2.24) is 20.5 Å². The van der Waals surface area contributed by atoms with E-state index in [1.54, 1.807) is 6.92 Å².